The third kappa shape index (κ3) is 4.59. The minimum atomic E-state index is -0.605. The molecule has 0 amide bonds. The van der Waals surface area contributed by atoms with E-state index in [1.807, 2.05) is 0 Å². The summed E-state index contributed by atoms with van der Waals surface area (Å²) in [4.78, 5) is 21.7. The first-order chi connectivity index (χ1) is 8.00. The van der Waals surface area contributed by atoms with Crippen molar-refractivity contribution in [2.24, 2.45) is 0 Å². The van der Waals surface area contributed by atoms with Crippen molar-refractivity contribution >= 4 is 41.0 Å². The van der Waals surface area contributed by atoms with Gasteiger partial charge in [-0.15, -0.1) is 0 Å². The number of hydrogen-bond donors (Lipinski definition) is 0. The largest absolute Gasteiger partial charge is 0.434 e. The van der Waals surface area contributed by atoms with Crippen LogP contribution in [0.5, 0.6) is 0 Å². The molecule has 0 aliphatic carbocycles. The monoisotopic (exact) mass is 272 g/mol. The third-order valence-electron chi connectivity index (χ3n) is 1.82. The van der Waals surface area contributed by atoms with Crippen LogP contribution in [0.15, 0.2) is 24.5 Å². The van der Waals surface area contributed by atoms with Gasteiger partial charge in [0, 0.05) is 0 Å². The Kier molecular flexibility index (Phi) is 5.19. The second kappa shape index (κ2) is 6.42. The fraction of sp³-hybridized carbons (Fsp3) is 0.167. The van der Waals surface area contributed by atoms with Gasteiger partial charge >= 0.3 is 5.97 Å². The Hall–Kier alpha value is -1.32. The number of hydrogen-bond acceptors (Lipinski definition) is 3. The number of ketones is 1. The molecule has 1 aromatic rings. The van der Waals surface area contributed by atoms with Crippen LogP contribution < -0.4 is 0 Å². The molecule has 17 heavy (non-hydrogen) atoms. The Morgan fingerprint density at radius 2 is 2.06 bits per heavy atom. The van der Waals surface area contributed by atoms with E-state index in [0.29, 0.717) is 15.6 Å². The maximum absolute atomic E-state index is 11.0. The molecule has 1 aromatic carbocycles. The summed E-state index contributed by atoms with van der Waals surface area (Å²) < 4.78 is 4.71. The number of rotatable bonds is 4. The van der Waals surface area contributed by atoms with E-state index in [1.165, 1.54) is 19.3 Å². The van der Waals surface area contributed by atoms with Crippen molar-refractivity contribution in [1.82, 2.24) is 0 Å². The number of esters is 1. The van der Waals surface area contributed by atoms with Crippen LogP contribution >= 0.6 is 23.2 Å². The van der Waals surface area contributed by atoms with Crippen molar-refractivity contribution in [2.45, 2.75) is 13.3 Å². The molecule has 0 bridgehead atoms. The van der Waals surface area contributed by atoms with E-state index in [4.69, 9.17) is 27.9 Å². The smallest absolute Gasteiger partial charge is 0.318 e. The molecule has 90 valence electrons. The molecule has 1 rings (SSSR count). The van der Waals surface area contributed by atoms with Crippen molar-refractivity contribution in [1.29, 1.82) is 0 Å². The second-order valence-corrected chi connectivity index (χ2v) is 4.10. The average molecular weight is 273 g/mol. The predicted octanol–water partition coefficient (Wildman–Crippen LogP) is 3.49. The van der Waals surface area contributed by atoms with Crippen molar-refractivity contribution in [3.05, 3.63) is 40.1 Å². The molecular formula is C12H10Cl2O3. The lowest BCUT2D eigenvalue weighted by atomic mass is 10.2. The van der Waals surface area contributed by atoms with Gasteiger partial charge in [-0.25, -0.2) is 0 Å². The van der Waals surface area contributed by atoms with E-state index in [-0.39, 0.29) is 12.2 Å². The van der Waals surface area contributed by atoms with Crippen LogP contribution in [0.4, 0.5) is 0 Å². The van der Waals surface area contributed by atoms with Crippen LogP contribution in [0.3, 0.4) is 0 Å². The highest BCUT2D eigenvalue weighted by atomic mass is 35.5. The summed E-state index contributed by atoms with van der Waals surface area (Å²) in [6, 6.07) is 5.11. The number of carbonyl (C=O) groups excluding carboxylic acids is 2. The standard InChI is InChI=1S/C12H10Cl2O3/c1-8(15)7-11(16)17-6-5-9-3-2-4-10(13)12(9)14/h2-6H,7H2,1H3. The van der Waals surface area contributed by atoms with Crippen LogP contribution in [0.1, 0.15) is 18.9 Å². The fourth-order valence-electron chi connectivity index (χ4n) is 1.08. The molecule has 0 spiro atoms. The summed E-state index contributed by atoms with van der Waals surface area (Å²) in [7, 11) is 0. The Labute approximate surface area is 109 Å². The molecule has 0 fully saturated rings. The lowest BCUT2D eigenvalue weighted by Gasteiger charge is -2.00. The predicted molar refractivity (Wildman–Crippen MR) is 66.9 cm³/mol. The maximum Gasteiger partial charge on any atom is 0.318 e. The Morgan fingerprint density at radius 1 is 1.35 bits per heavy atom. The van der Waals surface area contributed by atoms with Gasteiger partial charge < -0.3 is 4.74 Å². The maximum atomic E-state index is 11.0. The Bertz CT molecular complexity index is 467. The zero-order valence-electron chi connectivity index (χ0n) is 9.07. The fourth-order valence-corrected chi connectivity index (χ4v) is 1.45. The van der Waals surface area contributed by atoms with E-state index < -0.39 is 5.97 Å². The number of benzene rings is 1. The van der Waals surface area contributed by atoms with Crippen molar-refractivity contribution < 1.29 is 14.3 Å². The van der Waals surface area contributed by atoms with E-state index in [0.717, 1.165) is 0 Å². The number of ether oxygens (including phenoxy) is 1. The summed E-state index contributed by atoms with van der Waals surface area (Å²) in [5.41, 5.74) is 0.634. The minimum absolute atomic E-state index is 0.242. The quantitative estimate of drug-likeness (QED) is 0.479. The topological polar surface area (TPSA) is 43.4 Å². The van der Waals surface area contributed by atoms with Gasteiger partial charge in [-0.2, -0.15) is 0 Å². The van der Waals surface area contributed by atoms with Gasteiger partial charge in [0.05, 0.1) is 16.3 Å². The first-order valence-corrected chi connectivity index (χ1v) is 5.56. The molecule has 0 saturated heterocycles. The molecule has 0 saturated carbocycles. The van der Waals surface area contributed by atoms with E-state index in [2.05, 4.69) is 0 Å². The van der Waals surface area contributed by atoms with Gasteiger partial charge in [0.25, 0.3) is 0 Å². The van der Waals surface area contributed by atoms with Gasteiger partial charge in [0.2, 0.25) is 0 Å². The number of Topliss-reactive ketones (excluding diaryl/α,β-unsaturated/α-hetero) is 1. The van der Waals surface area contributed by atoms with Crippen molar-refractivity contribution in [3.63, 3.8) is 0 Å². The first kappa shape index (κ1) is 13.7. The van der Waals surface area contributed by atoms with E-state index in [9.17, 15) is 9.59 Å². The van der Waals surface area contributed by atoms with Gasteiger partial charge in [-0.05, 0) is 24.6 Å². The Morgan fingerprint density at radius 3 is 2.71 bits per heavy atom. The summed E-state index contributed by atoms with van der Waals surface area (Å²) >= 11 is 11.7. The van der Waals surface area contributed by atoms with Crippen LogP contribution in [0.25, 0.3) is 6.08 Å². The molecule has 0 atom stereocenters. The zero-order chi connectivity index (χ0) is 12.8. The van der Waals surface area contributed by atoms with Gasteiger partial charge in [-0.3, -0.25) is 9.59 Å². The van der Waals surface area contributed by atoms with Gasteiger partial charge in [0.15, 0.2) is 0 Å². The summed E-state index contributed by atoms with van der Waals surface area (Å²) in [6.07, 6.45) is 2.45. The molecule has 0 unspecified atom stereocenters. The summed E-state index contributed by atoms with van der Waals surface area (Å²) in [5.74, 6) is -0.851. The molecule has 0 radical (unpaired) electrons. The molecule has 0 aliphatic heterocycles. The highest BCUT2D eigenvalue weighted by Gasteiger charge is 2.05. The lowest BCUT2D eigenvalue weighted by Crippen LogP contribution is -2.04. The van der Waals surface area contributed by atoms with E-state index in [1.54, 1.807) is 18.2 Å². The molecule has 0 aromatic heterocycles. The molecule has 5 heteroatoms. The number of halogens is 2. The SMILES string of the molecule is CC(=O)CC(=O)OC=Cc1cccc(Cl)c1Cl. The van der Waals surface area contributed by atoms with Crippen molar-refractivity contribution in [3.8, 4) is 0 Å². The normalized spacial score (nSPS) is 10.5. The first-order valence-electron chi connectivity index (χ1n) is 4.80. The van der Waals surface area contributed by atoms with Gasteiger partial charge in [-0.1, -0.05) is 35.3 Å². The van der Waals surface area contributed by atoms with E-state index >= 15 is 0 Å². The molecular weight excluding hydrogens is 263 g/mol. The van der Waals surface area contributed by atoms with Crippen molar-refractivity contribution in [2.75, 3.05) is 0 Å². The molecule has 0 N–H and O–H groups in total. The lowest BCUT2D eigenvalue weighted by molar-refractivity contribution is -0.140. The van der Waals surface area contributed by atoms with Gasteiger partial charge in [0.1, 0.15) is 12.2 Å². The Balaban J connectivity index is 2.62. The van der Waals surface area contributed by atoms with Crippen LogP contribution in [-0.4, -0.2) is 11.8 Å². The third-order valence-corrected chi connectivity index (χ3v) is 2.66. The molecule has 3 nitrogen and oxygen atoms in total. The second-order valence-electron chi connectivity index (χ2n) is 3.31. The minimum Gasteiger partial charge on any atom is -0.434 e. The number of carbonyl (C=O) groups is 2. The molecule has 0 heterocycles. The summed E-state index contributed by atoms with van der Waals surface area (Å²) in [5, 5.41) is 0.803. The van der Waals surface area contributed by atoms with Crippen LogP contribution in [0, 0.1) is 0 Å². The van der Waals surface area contributed by atoms with Crippen LogP contribution in [0.2, 0.25) is 10.0 Å². The summed E-state index contributed by atoms with van der Waals surface area (Å²) in [6.45, 7) is 1.32. The highest BCUT2D eigenvalue weighted by Crippen LogP contribution is 2.26. The zero-order valence-corrected chi connectivity index (χ0v) is 10.6. The highest BCUT2D eigenvalue weighted by molar-refractivity contribution is 6.42. The molecule has 0 aliphatic rings. The van der Waals surface area contributed by atoms with Crippen LogP contribution in [-0.2, 0) is 14.3 Å². The average Bonchev–Trinajstić information content (AvgIpc) is 2.23.